The minimum Gasteiger partial charge on any atom is -0.396 e. The lowest BCUT2D eigenvalue weighted by Crippen LogP contribution is -2.22. The molecule has 4 rings (SSSR count). The number of halogens is 1. The van der Waals surface area contributed by atoms with Crippen molar-refractivity contribution >= 4 is 27.4 Å². The van der Waals surface area contributed by atoms with Crippen molar-refractivity contribution in [2.45, 2.75) is 38.1 Å². The Kier molecular flexibility index (Phi) is 5.17. The monoisotopic (exact) mass is 415 g/mol. The van der Waals surface area contributed by atoms with Crippen LogP contribution in [0.15, 0.2) is 41.3 Å². The first kappa shape index (κ1) is 17.4. The van der Waals surface area contributed by atoms with Crippen molar-refractivity contribution in [1.29, 1.82) is 0 Å². The molecule has 0 aliphatic heterocycles. The second-order valence-electron chi connectivity index (χ2n) is 6.84. The highest BCUT2D eigenvalue weighted by Crippen LogP contribution is 2.38. The zero-order valence-electron chi connectivity index (χ0n) is 14.5. The van der Waals surface area contributed by atoms with Crippen LogP contribution in [0.2, 0.25) is 0 Å². The van der Waals surface area contributed by atoms with Crippen LogP contribution in [0, 0.1) is 5.92 Å². The molecule has 1 fully saturated rings. The molecule has 0 aromatic carbocycles. The third kappa shape index (κ3) is 3.46. The Morgan fingerprint density at radius 2 is 2.15 bits per heavy atom. The highest BCUT2D eigenvalue weighted by Gasteiger charge is 2.28. The lowest BCUT2D eigenvalue weighted by Gasteiger charge is -2.30. The zero-order valence-corrected chi connectivity index (χ0v) is 16.1. The van der Waals surface area contributed by atoms with E-state index in [1.165, 1.54) is 12.8 Å². The Labute approximate surface area is 160 Å². The van der Waals surface area contributed by atoms with Crippen LogP contribution in [-0.2, 0) is 6.54 Å². The van der Waals surface area contributed by atoms with Gasteiger partial charge in [-0.2, -0.15) is 9.61 Å². The fourth-order valence-electron chi connectivity index (χ4n) is 3.78. The van der Waals surface area contributed by atoms with Gasteiger partial charge in [-0.05, 0) is 46.3 Å². The number of nitrogens with one attached hydrogen (secondary N) is 1. The van der Waals surface area contributed by atoms with E-state index in [4.69, 9.17) is 4.98 Å². The summed E-state index contributed by atoms with van der Waals surface area (Å²) in [6.45, 7) is 0.883. The number of aliphatic hydroxyl groups is 1. The SMILES string of the molecule is OC[C@H]1CCCCC1c1cc(NCc2cccnc2)n2ncc(Br)c2n1. The molecule has 3 heterocycles. The van der Waals surface area contributed by atoms with E-state index in [1.807, 2.05) is 22.8 Å². The standard InChI is InChI=1S/C19H22BrN5O/c20-16-11-23-25-18(22-10-13-4-3-7-21-9-13)8-17(24-19(16)25)15-6-2-1-5-14(15)12-26/h3-4,7-9,11,14-15,22,26H,1-2,5-6,10,12H2/t14-,15?/m1/s1. The second-order valence-corrected chi connectivity index (χ2v) is 7.70. The van der Waals surface area contributed by atoms with Crippen LogP contribution in [-0.4, -0.2) is 31.3 Å². The van der Waals surface area contributed by atoms with Gasteiger partial charge in [0.05, 0.1) is 16.4 Å². The Morgan fingerprint density at radius 1 is 1.27 bits per heavy atom. The Balaban J connectivity index is 1.69. The highest BCUT2D eigenvalue weighted by molar-refractivity contribution is 9.10. The molecule has 136 valence electrons. The molecular formula is C19H22BrN5O. The lowest BCUT2D eigenvalue weighted by molar-refractivity contribution is 0.168. The topological polar surface area (TPSA) is 75.3 Å². The van der Waals surface area contributed by atoms with Gasteiger partial charge in [0.2, 0.25) is 0 Å². The van der Waals surface area contributed by atoms with Gasteiger partial charge in [-0.15, -0.1) is 0 Å². The molecule has 1 aliphatic carbocycles. The summed E-state index contributed by atoms with van der Waals surface area (Å²) in [5.74, 6) is 1.48. The number of nitrogens with zero attached hydrogens (tertiary/aromatic N) is 4. The van der Waals surface area contributed by atoms with Gasteiger partial charge in [-0.1, -0.05) is 18.9 Å². The Hall–Kier alpha value is -1.99. The predicted octanol–water partition coefficient (Wildman–Crippen LogP) is 3.77. The minimum absolute atomic E-state index is 0.219. The summed E-state index contributed by atoms with van der Waals surface area (Å²) in [7, 11) is 0. The van der Waals surface area contributed by atoms with Gasteiger partial charge in [-0.25, -0.2) is 4.98 Å². The van der Waals surface area contributed by atoms with Crippen LogP contribution >= 0.6 is 15.9 Å². The number of fused-ring (bicyclic) bond motifs is 1. The van der Waals surface area contributed by atoms with Gasteiger partial charge in [0, 0.05) is 37.5 Å². The van der Waals surface area contributed by atoms with Gasteiger partial charge in [0.15, 0.2) is 5.65 Å². The number of aromatic nitrogens is 4. The molecule has 0 amide bonds. The third-order valence-corrected chi connectivity index (χ3v) is 5.73. The average molecular weight is 416 g/mol. The Bertz CT molecular complexity index is 882. The second kappa shape index (κ2) is 7.72. The normalized spacial score (nSPS) is 20.4. The molecule has 1 saturated carbocycles. The molecule has 0 saturated heterocycles. The zero-order chi connectivity index (χ0) is 17.9. The molecule has 1 aliphatic rings. The first-order chi connectivity index (χ1) is 12.8. The predicted molar refractivity (Wildman–Crippen MR) is 104 cm³/mol. The van der Waals surface area contributed by atoms with Crippen molar-refractivity contribution in [3.05, 3.63) is 52.5 Å². The van der Waals surface area contributed by atoms with E-state index in [0.29, 0.717) is 12.5 Å². The van der Waals surface area contributed by atoms with Crippen LogP contribution < -0.4 is 5.32 Å². The summed E-state index contributed by atoms with van der Waals surface area (Å²) >= 11 is 3.55. The molecule has 3 aromatic heterocycles. The van der Waals surface area contributed by atoms with Gasteiger partial charge >= 0.3 is 0 Å². The maximum absolute atomic E-state index is 9.79. The maximum atomic E-state index is 9.79. The van der Waals surface area contributed by atoms with E-state index in [-0.39, 0.29) is 12.5 Å². The largest absolute Gasteiger partial charge is 0.396 e. The van der Waals surface area contributed by atoms with Crippen molar-refractivity contribution in [2.75, 3.05) is 11.9 Å². The fourth-order valence-corrected chi connectivity index (χ4v) is 4.13. The Morgan fingerprint density at radius 3 is 2.96 bits per heavy atom. The lowest BCUT2D eigenvalue weighted by atomic mass is 9.78. The van der Waals surface area contributed by atoms with Crippen molar-refractivity contribution < 1.29 is 5.11 Å². The summed E-state index contributed by atoms with van der Waals surface area (Å²) in [4.78, 5) is 9.03. The first-order valence-corrected chi connectivity index (χ1v) is 9.83. The molecule has 2 N–H and O–H groups in total. The van der Waals surface area contributed by atoms with Gasteiger partial charge in [-0.3, -0.25) is 4.98 Å². The van der Waals surface area contributed by atoms with Crippen LogP contribution in [0.3, 0.4) is 0 Å². The molecule has 0 bridgehead atoms. The smallest absolute Gasteiger partial charge is 0.171 e. The van der Waals surface area contributed by atoms with Gasteiger partial charge in [0.25, 0.3) is 0 Å². The molecule has 2 atom stereocenters. The van der Waals surface area contributed by atoms with Crippen molar-refractivity contribution in [1.82, 2.24) is 19.6 Å². The summed E-state index contributed by atoms with van der Waals surface area (Å²) in [6, 6.07) is 6.06. The number of aliphatic hydroxyl groups excluding tert-OH is 1. The molecule has 7 heteroatoms. The van der Waals surface area contributed by atoms with E-state index >= 15 is 0 Å². The number of rotatable bonds is 5. The van der Waals surface area contributed by atoms with E-state index in [2.05, 4.69) is 37.4 Å². The van der Waals surface area contributed by atoms with Crippen molar-refractivity contribution in [3.63, 3.8) is 0 Å². The summed E-state index contributed by atoms with van der Waals surface area (Å²) in [5, 5.41) is 17.7. The van der Waals surface area contributed by atoms with E-state index in [0.717, 1.165) is 40.0 Å². The average Bonchev–Trinajstić information content (AvgIpc) is 3.08. The molecule has 0 spiro atoms. The van der Waals surface area contributed by atoms with E-state index in [9.17, 15) is 5.11 Å². The summed E-state index contributed by atoms with van der Waals surface area (Å²) in [6.07, 6.45) is 9.91. The van der Waals surface area contributed by atoms with Crippen LogP contribution in [0.4, 0.5) is 5.82 Å². The minimum atomic E-state index is 0.219. The molecule has 3 aromatic rings. The fraction of sp³-hybridized carbons (Fsp3) is 0.421. The number of hydrogen-bond donors (Lipinski definition) is 2. The summed E-state index contributed by atoms with van der Waals surface area (Å²) in [5.41, 5.74) is 2.95. The van der Waals surface area contributed by atoms with Crippen LogP contribution in [0.25, 0.3) is 5.65 Å². The quantitative estimate of drug-likeness (QED) is 0.663. The van der Waals surface area contributed by atoms with Crippen LogP contribution in [0.5, 0.6) is 0 Å². The van der Waals surface area contributed by atoms with E-state index in [1.54, 1.807) is 12.4 Å². The molecule has 1 unspecified atom stereocenters. The molecule has 6 nitrogen and oxygen atoms in total. The third-order valence-electron chi connectivity index (χ3n) is 5.17. The van der Waals surface area contributed by atoms with Gasteiger partial charge in [0.1, 0.15) is 5.82 Å². The molecule has 26 heavy (non-hydrogen) atoms. The van der Waals surface area contributed by atoms with Crippen molar-refractivity contribution in [3.8, 4) is 0 Å². The number of anilines is 1. The van der Waals surface area contributed by atoms with Crippen LogP contribution in [0.1, 0.15) is 42.9 Å². The van der Waals surface area contributed by atoms with Gasteiger partial charge < -0.3 is 10.4 Å². The number of hydrogen-bond acceptors (Lipinski definition) is 5. The van der Waals surface area contributed by atoms with Crippen molar-refractivity contribution in [2.24, 2.45) is 5.92 Å². The first-order valence-electron chi connectivity index (χ1n) is 9.04. The maximum Gasteiger partial charge on any atom is 0.171 e. The molecule has 0 radical (unpaired) electrons. The van der Waals surface area contributed by atoms with E-state index < -0.39 is 0 Å². The number of pyridine rings is 1. The summed E-state index contributed by atoms with van der Waals surface area (Å²) < 4.78 is 2.70. The molecular weight excluding hydrogens is 394 g/mol. The highest BCUT2D eigenvalue weighted by atomic mass is 79.9.